The van der Waals surface area contributed by atoms with Crippen LogP contribution in [0, 0.1) is 0 Å². The molecule has 0 aromatic carbocycles. The highest BCUT2D eigenvalue weighted by molar-refractivity contribution is 7.09. The molecule has 1 saturated heterocycles. The number of carbonyl (C=O) groups excluding carboxylic acids is 1. The molecule has 1 fully saturated rings. The van der Waals surface area contributed by atoms with Gasteiger partial charge in [-0.2, -0.15) is 13.2 Å². The van der Waals surface area contributed by atoms with E-state index >= 15 is 0 Å². The smallest absolute Gasteiger partial charge is 0.354 e. The SMILES string of the molecule is Cl.O=C(CCc1cccs1)NCC(N1CCNCC1)C(F)(F)F. The van der Waals surface area contributed by atoms with Crippen LogP contribution >= 0.6 is 23.7 Å². The van der Waals surface area contributed by atoms with E-state index in [1.54, 1.807) is 11.3 Å². The average molecular weight is 372 g/mol. The van der Waals surface area contributed by atoms with E-state index in [0.717, 1.165) is 4.88 Å². The molecule has 2 heterocycles. The number of rotatable bonds is 6. The number of carbonyl (C=O) groups is 1. The summed E-state index contributed by atoms with van der Waals surface area (Å²) >= 11 is 1.54. The number of alkyl halides is 3. The summed E-state index contributed by atoms with van der Waals surface area (Å²) in [6.07, 6.45) is -3.56. The predicted molar refractivity (Wildman–Crippen MR) is 87.2 cm³/mol. The maximum Gasteiger partial charge on any atom is 0.405 e. The van der Waals surface area contributed by atoms with E-state index in [2.05, 4.69) is 10.6 Å². The number of hydrogen-bond acceptors (Lipinski definition) is 4. The van der Waals surface area contributed by atoms with Crippen LogP contribution < -0.4 is 10.6 Å². The zero-order valence-corrected chi connectivity index (χ0v) is 14.2. The van der Waals surface area contributed by atoms with Crippen molar-refractivity contribution < 1.29 is 18.0 Å². The Labute approximate surface area is 143 Å². The van der Waals surface area contributed by atoms with Gasteiger partial charge in [-0.1, -0.05) is 6.07 Å². The minimum absolute atomic E-state index is 0. The van der Waals surface area contributed by atoms with E-state index in [0.29, 0.717) is 32.6 Å². The minimum Gasteiger partial charge on any atom is -0.354 e. The number of hydrogen-bond donors (Lipinski definition) is 2. The number of thiophene rings is 1. The van der Waals surface area contributed by atoms with E-state index in [9.17, 15) is 18.0 Å². The van der Waals surface area contributed by atoms with Gasteiger partial charge in [0, 0.05) is 44.0 Å². The molecule has 1 unspecified atom stereocenters. The van der Waals surface area contributed by atoms with Crippen LogP contribution in [0.1, 0.15) is 11.3 Å². The molecule has 0 aliphatic carbocycles. The lowest BCUT2D eigenvalue weighted by molar-refractivity contribution is -0.184. The molecule has 0 spiro atoms. The van der Waals surface area contributed by atoms with Crippen LogP contribution in [0.4, 0.5) is 13.2 Å². The Morgan fingerprint density at radius 3 is 2.65 bits per heavy atom. The summed E-state index contributed by atoms with van der Waals surface area (Å²) in [6, 6.07) is 2.19. The Kier molecular flexibility index (Phi) is 8.32. The van der Waals surface area contributed by atoms with Crippen LogP contribution in [0.25, 0.3) is 0 Å². The number of aryl methyl sites for hydroxylation is 1. The van der Waals surface area contributed by atoms with Crippen molar-refractivity contribution in [2.45, 2.75) is 25.1 Å². The second-order valence-corrected chi connectivity index (χ2v) is 6.26. The molecule has 9 heteroatoms. The Bertz CT molecular complexity index is 464. The number of nitrogens with one attached hydrogen (secondary N) is 2. The van der Waals surface area contributed by atoms with Crippen LogP contribution in [0.15, 0.2) is 17.5 Å². The van der Waals surface area contributed by atoms with Gasteiger partial charge in [-0.05, 0) is 17.9 Å². The summed E-state index contributed by atoms with van der Waals surface area (Å²) in [6.45, 7) is 1.38. The predicted octanol–water partition coefficient (Wildman–Crippen LogP) is 2.05. The average Bonchev–Trinajstić information content (AvgIpc) is 2.98. The molecular weight excluding hydrogens is 351 g/mol. The lowest BCUT2D eigenvalue weighted by atomic mass is 10.2. The van der Waals surface area contributed by atoms with Gasteiger partial charge in [0.2, 0.25) is 5.91 Å². The molecule has 1 aromatic rings. The molecule has 0 bridgehead atoms. The Morgan fingerprint density at radius 1 is 1.39 bits per heavy atom. The number of nitrogens with zero attached hydrogens (tertiary/aromatic N) is 1. The molecule has 4 nitrogen and oxygen atoms in total. The Hall–Kier alpha value is -0.830. The van der Waals surface area contributed by atoms with Crippen LogP contribution in [0.2, 0.25) is 0 Å². The molecule has 2 rings (SSSR count). The molecule has 23 heavy (non-hydrogen) atoms. The lowest BCUT2D eigenvalue weighted by Gasteiger charge is -2.35. The Balaban J connectivity index is 0.00000264. The van der Waals surface area contributed by atoms with Crippen molar-refractivity contribution in [1.82, 2.24) is 15.5 Å². The molecular formula is C14H21ClF3N3OS. The summed E-state index contributed by atoms with van der Waals surface area (Å²) in [5.41, 5.74) is 0. The third kappa shape index (κ3) is 6.66. The maximum atomic E-state index is 13.2. The van der Waals surface area contributed by atoms with Crippen molar-refractivity contribution in [3.05, 3.63) is 22.4 Å². The van der Waals surface area contributed by atoms with Gasteiger partial charge in [0.25, 0.3) is 0 Å². The fraction of sp³-hybridized carbons (Fsp3) is 0.643. The fourth-order valence-corrected chi connectivity index (χ4v) is 3.15. The standard InChI is InChI=1S/C14H20F3N3OS.ClH/c15-14(16,17)12(20-7-5-18-6-8-20)10-19-13(21)4-3-11-2-1-9-22-11;/h1-2,9,12,18H,3-8,10H2,(H,19,21);1H. The van der Waals surface area contributed by atoms with Crippen molar-refractivity contribution in [2.75, 3.05) is 32.7 Å². The summed E-state index contributed by atoms with van der Waals surface area (Å²) < 4.78 is 39.5. The minimum atomic E-state index is -4.33. The lowest BCUT2D eigenvalue weighted by Crippen LogP contribution is -2.57. The number of piperazine rings is 1. The summed E-state index contributed by atoms with van der Waals surface area (Å²) in [5.74, 6) is -0.335. The maximum absolute atomic E-state index is 13.2. The van der Waals surface area contributed by atoms with E-state index in [1.165, 1.54) is 4.90 Å². The van der Waals surface area contributed by atoms with Gasteiger partial charge < -0.3 is 10.6 Å². The van der Waals surface area contributed by atoms with Crippen LogP contribution in [-0.2, 0) is 11.2 Å². The molecule has 1 amide bonds. The van der Waals surface area contributed by atoms with E-state index in [1.807, 2.05) is 17.5 Å². The quantitative estimate of drug-likeness (QED) is 0.804. The zero-order valence-electron chi connectivity index (χ0n) is 12.6. The molecule has 1 atom stereocenters. The van der Waals surface area contributed by atoms with Crippen molar-refractivity contribution in [3.63, 3.8) is 0 Å². The molecule has 1 aliphatic heterocycles. The second kappa shape index (κ2) is 9.46. The van der Waals surface area contributed by atoms with E-state index in [-0.39, 0.29) is 31.3 Å². The first-order valence-electron chi connectivity index (χ1n) is 7.27. The first kappa shape index (κ1) is 20.2. The molecule has 1 aliphatic rings. The largest absolute Gasteiger partial charge is 0.405 e. The van der Waals surface area contributed by atoms with Gasteiger partial charge in [-0.3, -0.25) is 9.69 Å². The van der Waals surface area contributed by atoms with Crippen molar-refractivity contribution in [2.24, 2.45) is 0 Å². The van der Waals surface area contributed by atoms with Crippen molar-refractivity contribution in [3.8, 4) is 0 Å². The van der Waals surface area contributed by atoms with Crippen molar-refractivity contribution in [1.29, 1.82) is 0 Å². The van der Waals surface area contributed by atoms with Gasteiger partial charge in [0.15, 0.2) is 0 Å². The molecule has 1 aromatic heterocycles. The topological polar surface area (TPSA) is 44.4 Å². The van der Waals surface area contributed by atoms with Crippen molar-refractivity contribution >= 4 is 29.7 Å². The van der Waals surface area contributed by atoms with Crippen LogP contribution in [-0.4, -0.2) is 55.7 Å². The summed E-state index contributed by atoms with van der Waals surface area (Å²) in [7, 11) is 0. The highest BCUT2D eigenvalue weighted by atomic mass is 35.5. The Morgan fingerprint density at radius 2 is 2.09 bits per heavy atom. The summed E-state index contributed by atoms with van der Waals surface area (Å²) in [4.78, 5) is 14.2. The number of amides is 1. The van der Waals surface area contributed by atoms with E-state index < -0.39 is 12.2 Å². The highest BCUT2D eigenvalue weighted by Gasteiger charge is 2.43. The first-order valence-corrected chi connectivity index (χ1v) is 8.15. The molecule has 0 saturated carbocycles. The van der Waals surface area contributed by atoms with Crippen LogP contribution in [0.5, 0.6) is 0 Å². The third-order valence-corrected chi connectivity index (χ3v) is 4.58. The summed E-state index contributed by atoms with van der Waals surface area (Å²) in [5, 5.41) is 7.37. The van der Waals surface area contributed by atoms with E-state index in [4.69, 9.17) is 0 Å². The number of halogens is 4. The molecule has 132 valence electrons. The van der Waals surface area contributed by atoms with Gasteiger partial charge >= 0.3 is 6.18 Å². The second-order valence-electron chi connectivity index (χ2n) is 5.23. The van der Waals surface area contributed by atoms with Gasteiger partial charge in [0.05, 0.1) is 0 Å². The first-order chi connectivity index (χ1) is 10.5. The third-order valence-electron chi connectivity index (χ3n) is 3.64. The fourth-order valence-electron chi connectivity index (χ4n) is 2.44. The molecule has 2 N–H and O–H groups in total. The van der Waals surface area contributed by atoms with Gasteiger partial charge in [-0.15, -0.1) is 23.7 Å². The van der Waals surface area contributed by atoms with Gasteiger partial charge in [-0.25, -0.2) is 0 Å². The van der Waals surface area contributed by atoms with Crippen LogP contribution in [0.3, 0.4) is 0 Å². The normalized spacial score (nSPS) is 17.3. The monoisotopic (exact) mass is 371 g/mol. The van der Waals surface area contributed by atoms with Gasteiger partial charge in [0.1, 0.15) is 6.04 Å². The zero-order chi connectivity index (χ0) is 16.0. The highest BCUT2D eigenvalue weighted by Crippen LogP contribution is 2.24. The molecule has 0 radical (unpaired) electrons.